The summed E-state index contributed by atoms with van der Waals surface area (Å²) in [5.74, 6) is 0.199. The van der Waals surface area contributed by atoms with Crippen LogP contribution in [0.4, 0.5) is 0 Å². The molecule has 1 amide bonds. The number of benzene rings is 2. The van der Waals surface area contributed by atoms with E-state index in [0.29, 0.717) is 18.9 Å². The fraction of sp³-hybridized carbons (Fsp3) is 0.235. The van der Waals surface area contributed by atoms with Crippen LogP contribution < -0.4 is 14.8 Å². The molecular formula is C17H20N2O4S. The molecule has 7 heteroatoms. The molecule has 6 nitrogen and oxygen atoms in total. The van der Waals surface area contributed by atoms with Gasteiger partial charge in [-0.05, 0) is 36.8 Å². The molecular weight excluding hydrogens is 328 g/mol. The molecule has 2 aromatic rings. The number of ether oxygens (including phenoxy) is 1. The van der Waals surface area contributed by atoms with Crippen molar-refractivity contribution in [1.82, 2.24) is 10.0 Å². The second kappa shape index (κ2) is 8.47. The second-order valence-electron chi connectivity index (χ2n) is 4.99. The van der Waals surface area contributed by atoms with Gasteiger partial charge in [-0.2, -0.15) is 0 Å². The molecule has 2 rings (SSSR count). The molecule has 0 atom stereocenters. The Morgan fingerprint density at radius 1 is 1.04 bits per heavy atom. The summed E-state index contributed by atoms with van der Waals surface area (Å²) in [6, 6.07) is 15.4. The van der Waals surface area contributed by atoms with Gasteiger partial charge >= 0.3 is 0 Å². The van der Waals surface area contributed by atoms with E-state index in [4.69, 9.17) is 4.74 Å². The molecule has 0 radical (unpaired) electrons. The predicted molar refractivity (Wildman–Crippen MR) is 91.1 cm³/mol. The maximum atomic E-state index is 12.1. The first-order valence-corrected chi connectivity index (χ1v) is 9.03. The molecule has 0 fully saturated rings. The molecule has 0 saturated heterocycles. The molecule has 0 aromatic heterocycles. The average Bonchev–Trinajstić information content (AvgIpc) is 2.60. The molecule has 0 aliphatic carbocycles. The van der Waals surface area contributed by atoms with Crippen molar-refractivity contribution in [3.63, 3.8) is 0 Å². The summed E-state index contributed by atoms with van der Waals surface area (Å²) in [5.41, 5.74) is 0.945. The maximum absolute atomic E-state index is 12.1. The van der Waals surface area contributed by atoms with Crippen LogP contribution in [0, 0.1) is 0 Å². The topological polar surface area (TPSA) is 84.5 Å². The first-order chi connectivity index (χ1) is 11.5. The number of sulfonamides is 1. The monoisotopic (exact) mass is 348 g/mol. The number of carbonyl (C=O) groups is 1. The summed E-state index contributed by atoms with van der Waals surface area (Å²) in [7, 11) is -3.74. The third kappa shape index (κ3) is 5.36. The smallest absolute Gasteiger partial charge is 0.241 e. The molecule has 0 bridgehead atoms. The molecule has 0 aliphatic rings. The van der Waals surface area contributed by atoms with Gasteiger partial charge in [-0.15, -0.1) is 0 Å². The molecule has 0 aliphatic heterocycles. The highest BCUT2D eigenvalue weighted by atomic mass is 32.2. The van der Waals surface area contributed by atoms with E-state index in [1.807, 2.05) is 37.3 Å². The minimum absolute atomic E-state index is 0.0850. The lowest BCUT2D eigenvalue weighted by atomic mass is 10.2. The Morgan fingerprint density at radius 3 is 2.33 bits per heavy atom. The summed E-state index contributed by atoms with van der Waals surface area (Å²) in [6.45, 7) is 2.39. The summed E-state index contributed by atoms with van der Waals surface area (Å²) < 4.78 is 31.8. The lowest BCUT2D eigenvalue weighted by molar-refractivity contribution is -0.120. The van der Waals surface area contributed by atoms with Crippen molar-refractivity contribution in [2.24, 2.45) is 0 Å². The SMILES string of the molecule is CCOc1ccc(S(=O)(=O)NCC(=O)NCc2ccccc2)cc1. The van der Waals surface area contributed by atoms with Crippen molar-refractivity contribution in [2.45, 2.75) is 18.4 Å². The van der Waals surface area contributed by atoms with E-state index >= 15 is 0 Å². The summed E-state index contributed by atoms with van der Waals surface area (Å²) in [5, 5.41) is 2.66. The highest BCUT2D eigenvalue weighted by Gasteiger charge is 2.15. The number of hydrogen-bond donors (Lipinski definition) is 2. The number of hydrogen-bond acceptors (Lipinski definition) is 4. The van der Waals surface area contributed by atoms with E-state index in [1.54, 1.807) is 12.1 Å². The Morgan fingerprint density at radius 2 is 1.71 bits per heavy atom. The third-order valence-corrected chi connectivity index (χ3v) is 4.62. The van der Waals surface area contributed by atoms with Crippen LogP contribution >= 0.6 is 0 Å². The van der Waals surface area contributed by atoms with Crippen LogP contribution in [-0.4, -0.2) is 27.5 Å². The minimum Gasteiger partial charge on any atom is -0.494 e. The Balaban J connectivity index is 1.86. The van der Waals surface area contributed by atoms with Crippen LogP contribution in [0.2, 0.25) is 0 Å². The van der Waals surface area contributed by atoms with Crippen molar-refractivity contribution in [1.29, 1.82) is 0 Å². The number of rotatable bonds is 8. The Hall–Kier alpha value is -2.38. The van der Waals surface area contributed by atoms with E-state index < -0.39 is 15.9 Å². The standard InChI is InChI=1S/C17H20N2O4S/c1-2-23-15-8-10-16(11-9-15)24(21,22)19-13-17(20)18-12-14-6-4-3-5-7-14/h3-11,19H,2,12-13H2,1H3,(H,18,20). The number of nitrogens with one attached hydrogen (secondary N) is 2. The van der Waals surface area contributed by atoms with Gasteiger partial charge in [0.05, 0.1) is 18.0 Å². The predicted octanol–water partition coefficient (Wildman–Crippen LogP) is 1.68. The van der Waals surface area contributed by atoms with Crippen molar-refractivity contribution in [3.05, 3.63) is 60.2 Å². The molecule has 24 heavy (non-hydrogen) atoms. The maximum Gasteiger partial charge on any atom is 0.241 e. The lowest BCUT2D eigenvalue weighted by Gasteiger charge is -2.09. The lowest BCUT2D eigenvalue weighted by Crippen LogP contribution is -2.36. The second-order valence-corrected chi connectivity index (χ2v) is 6.76. The van der Waals surface area contributed by atoms with Crippen LogP contribution in [0.25, 0.3) is 0 Å². The van der Waals surface area contributed by atoms with Gasteiger partial charge < -0.3 is 10.1 Å². The third-order valence-electron chi connectivity index (χ3n) is 3.20. The van der Waals surface area contributed by atoms with Crippen molar-refractivity contribution >= 4 is 15.9 Å². The summed E-state index contributed by atoms with van der Waals surface area (Å²) in [6.07, 6.45) is 0. The van der Waals surface area contributed by atoms with Gasteiger partial charge in [0.1, 0.15) is 5.75 Å². The normalized spacial score (nSPS) is 11.0. The van der Waals surface area contributed by atoms with Crippen LogP contribution in [-0.2, 0) is 21.4 Å². The number of carbonyl (C=O) groups excluding carboxylic acids is 1. The Labute approximate surface area is 141 Å². The van der Waals surface area contributed by atoms with Crippen LogP contribution in [0.5, 0.6) is 5.75 Å². The van der Waals surface area contributed by atoms with Gasteiger partial charge in [-0.1, -0.05) is 30.3 Å². The van der Waals surface area contributed by atoms with Gasteiger partial charge in [0, 0.05) is 6.54 Å². The molecule has 0 heterocycles. The minimum atomic E-state index is -3.74. The average molecular weight is 348 g/mol. The van der Waals surface area contributed by atoms with Gasteiger partial charge in [0.15, 0.2) is 0 Å². The Bertz CT molecular complexity index is 759. The molecule has 128 valence electrons. The van der Waals surface area contributed by atoms with Crippen molar-refractivity contribution in [2.75, 3.05) is 13.2 Å². The molecule has 2 N–H and O–H groups in total. The van der Waals surface area contributed by atoms with Crippen molar-refractivity contribution < 1.29 is 17.9 Å². The zero-order chi connectivity index (χ0) is 17.4. The first kappa shape index (κ1) is 18.0. The van der Waals surface area contributed by atoms with Gasteiger partial charge in [-0.25, -0.2) is 13.1 Å². The van der Waals surface area contributed by atoms with Gasteiger partial charge in [-0.3, -0.25) is 4.79 Å². The van der Waals surface area contributed by atoms with Crippen LogP contribution in [0.1, 0.15) is 12.5 Å². The fourth-order valence-corrected chi connectivity index (χ4v) is 2.97. The highest BCUT2D eigenvalue weighted by Crippen LogP contribution is 2.15. The Kier molecular flexibility index (Phi) is 6.34. The summed E-state index contributed by atoms with van der Waals surface area (Å²) >= 11 is 0. The first-order valence-electron chi connectivity index (χ1n) is 7.54. The quantitative estimate of drug-likeness (QED) is 0.760. The van der Waals surface area contributed by atoms with E-state index in [1.165, 1.54) is 12.1 Å². The van der Waals surface area contributed by atoms with Crippen LogP contribution in [0.15, 0.2) is 59.5 Å². The highest BCUT2D eigenvalue weighted by molar-refractivity contribution is 7.89. The largest absolute Gasteiger partial charge is 0.494 e. The fourth-order valence-electron chi connectivity index (χ4n) is 1.98. The molecule has 0 spiro atoms. The van der Waals surface area contributed by atoms with Gasteiger partial charge in [0.2, 0.25) is 15.9 Å². The van der Waals surface area contributed by atoms with E-state index in [-0.39, 0.29) is 11.4 Å². The van der Waals surface area contributed by atoms with Gasteiger partial charge in [0.25, 0.3) is 0 Å². The molecule has 0 saturated carbocycles. The zero-order valence-corrected chi connectivity index (χ0v) is 14.2. The van der Waals surface area contributed by atoms with E-state index in [0.717, 1.165) is 5.56 Å². The summed E-state index contributed by atoms with van der Waals surface area (Å²) in [4.78, 5) is 11.9. The van der Waals surface area contributed by atoms with Crippen molar-refractivity contribution in [3.8, 4) is 5.75 Å². The molecule has 2 aromatic carbocycles. The van der Waals surface area contributed by atoms with Crippen LogP contribution in [0.3, 0.4) is 0 Å². The number of amides is 1. The zero-order valence-electron chi connectivity index (χ0n) is 13.4. The van der Waals surface area contributed by atoms with E-state index in [2.05, 4.69) is 10.0 Å². The molecule has 0 unspecified atom stereocenters. The van der Waals surface area contributed by atoms with E-state index in [9.17, 15) is 13.2 Å².